The quantitative estimate of drug-likeness (QED) is 0.359. The molecule has 8 rings (SSSR count). The van der Waals surface area contributed by atoms with Crippen LogP contribution in [0, 0.1) is 0 Å². The maximum absolute atomic E-state index is 13.3. The number of aromatic nitrogens is 7. The fourth-order valence-corrected chi connectivity index (χ4v) is 6.21. The van der Waals surface area contributed by atoms with Gasteiger partial charge in [-0.3, -0.25) is 9.69 Å². The summed E-state index contributed by atoms with van der Waals surface area (Å²) in [7, 11) is 0. The first kappa shape index (κ1) is 23.3. The number of carbonyl (C=O) groups excluding carboxylic acids is 1. The number of nitrogens with zero attached hydrogens (tertiary/aromatic N) is 9. The number of amides is 1. The maximum atomic E-state index is 13.3. The molecule has 39 heavy (non-hydrogen) atoms. The van der Waals surface area contributed by atoms with Gasteiger partial charge in [0, 0.05) is 55.8 Å². The van der Waals surface area contributed by atoms with Crippen molar-refractivity contribution < 1.29 is 4.79 Å². The van der Waals surface area contributed by atoms with Gasteiger partial charge in [-0.1, -0.05) is 0 Å². The number of carbonyl (C=O) groups is 1. The molecule has 4 aliphatic rings. The van der Waals surface area contributed by atoms with Crippen molar-refractivity contribution in [3.8, 4) is 16.5 Å². The summed E-state index contributed by atoms with van der Waals surface area (Å²) in [6.45, 7) is 4.02. The van der Waals surface area contributed by atoms with Crippen LogP contribution in [-0.2, 0) is 0 Å². The third-order valence-corrected chi connectivity index (χ3v) is 8.98. The van der Waals surface area contributed by atoms with Gasteiger partial charge in [0.2, 0.25) is 0 Å². The molecule has 4 aromatic heterocycles. The van der Waals surface area contributed by atoms with Crippen LogP contribution in [0.5, 0.6) is 0 Å². The van der Waals surface area contributed by atoms with Gasteiger partial charge in [-0.25, -0.2) is 15.0 Å². The Morgan fingerprint density at radius 1 is 0.949 bits per heavy atom. The molecule has 0 radical (unpaired) electrons. The van der Waals surface area contributed by atoms with E-state index in [1.165, 1.54) is 37.0 Å². The molecule has 0 unspecified atom stereocenters. The van der Waals surface area contributed by atoms with Gasteiger partial charge in [0.25, 0.3) is 5.91 Å². The van der Waals surface area contributed by atoms with Gasteiger partial charge in [0.15, 0.2) is 10.8 Å². The van der Waals surface area contributed by atoms with Crippen molar-refractivity contribution >= 4 is 28.7 Å². The molecule has 200 valence electrons. The van der Waals surface area contributed by atoms with Crippen molar-refractivity contribution in [3.63, 3.8) is 0 Å². The molecular weight excluding hydrogens is 512 g/mol. The lowest BCUT2D eigenvalue weighted by Gasteiger charge is -2.37. The predicted octanol–water partition coefficient (Wildman–Crippen LogP) is 3.73. The summed E-state index contributed by atoms with van der Waals surface area (Å²) in [5.74, 6) is 1.52. The molecule has 0 aromatic carbocycles. The minimum absolute atomic E-state index is 0.288. The second-order valence-electron chi connectivity index (χ2n) is 11.1. The zero-order valence-electron chi connectivity index (χ0n) is 21.6. The van der Waals surface area contributed by atoms with Gasteiger partial charge in [0.1, 0.15) is 17.8 Å². The van der Waals surface area contributed by atoms with E-state index in [0.29, 0.717) is 23.5 Å². The van der Waals surface area contributed by atoms with Crippen LogP contribution in [-0.4, -0.2) is 77.3 Å². The molecule has 1 N–H and O–H groups in total. The number of imidazole rings is 1. The van der Waals surface area contributed by atoms with Crippen molar-refractivity contribution in [3.05, 3.63) is 47.9 Å². The number of rotatable bonds is 8. The molecule has 12 heteroatoms. The lowest BCUT2D eigenvalue weighted by molar-refractivity contribution is 0.102. The maximum Gasteiger partial charge on any atom is 0.275 e. The van der Waals surface area contributed by atoms with E-state index in [9.17, 15) is 4.79 Å². The molecule has 5 heterocycles. The van der Waals surface area contributed by atoms with Crippen molar-refractivity contribution in [1.82, 2.24) is 39.2 Å². The standard InChI is InChI=1S/C27H30N10OS/c38-26(31-24-14-39-27(32-24)25-33-30-16-37(25)19-5-6-19)20-11-22(36-13-21(29-15-36)17-1-2-17)23(12-28-20)35-9-7-34(8-10-35)18-3-4-18/h11-19H,1-10H2,(H,31,38). The predicted molar refractivity (Wildman–Crippen MR) is 147 cm³/mol. The monoisotopic (exact) mass is 542 g/mol. The molecule has 0 spiro atoms. The van der Waals surface area contributed by atoms with Gasteiger partial charge in [-0.2, -0.15) is 0 Å². The summed E-state index contributed by atoms with van der Waals surface area (Å²) in [5, 5.41) is 13.8. The smallest absolute Gasteiger partial charge is 0.275 e. The summed E-state index contributed by atoms with van der Waals surface area (Å²) >= 11 is 1.45. The lowest BCUT2D eigenvalue weighted by atomic mass is 10.2. The number of hydrogen-bond acceptors (Lipinski definition) is 9. The first-order chi connectivity index (χ1) is 19.2. The molecule has 4 aromatic rings. The number of hydrogen-bond donors (Lipinski definition) is 1. The van der Waals surface area contributed by atoms with Gasteiger partial charge in [-0.05, 0) is 44.6 Å². The number of piperazine rings is 1. The average molecular weight is 543 g/mol. The molecular formula is C27H30N10OS. The van der Waals surface area contributed by atoms with Crippen molar-refractivity contribution in [1.29, 1.82) is 0 Å². The summed E-state index contributed by atoms with van der Waals surface area (Å²) in [6.07, 6.45) is 14.9. The van der Waals surface area contributed by atoms with E-state index >= 15 is 0 Å². The molecule has 4 fully saturated rings. The molecule has 1 amide bonds. The first-order valence-corrected chi connectivity index (χ1v) is 14.8. The summed E-state index contributed by atoms with van der Waals surface area (Å²) in [4.78, 5) is 32.2. The topological polar surface area (TPSA) is 110 Å². The average Bonchev–Trinajstić information content (AvgIpc) is 3.94. The fourth-order valence-electron chi connectivity index (χ4n) is 5.47. The van der Waals surface area contributed by atoms with Gasteiger partial charge >= 0.3 is 0 Å². The molecule has 1 aliphatic heterocycles. The van der Waals surface area contributed by atoms with Crippen LogP contribution in [0.1, 0.15) is 66.7 Å². The van der Waals surface area contributed by atoms with Crippen LogP contribution in [0.3, 0.4) is 0 Å². The van der Waals surface area contributed by atoms with Crippen LogP contribution in [0.25, 0.3) is 16.5 Å². The van der Waals surface area contributed by atoms with Crippen LogP contribution < -0.4 is 10.2 Å². The SMILES string of the molecule is O=C(Nc1csc(-c2nncn2C2CC2)n1)c1cc(-n2cnc(C3CC3)c2)c(N2CCN(C3CC3)CC2)cn1. The highest BCUT2D eigenvalue weighted by atomic mass is 32.1. The molecule has 0 atom stereocenters. The lowest BCUT2D eigenvalue weighted by Crippen LogP contribution is -2.47. The Morgan fingerprint density at radius 2 is 1.77 bits per heavy atom. The number of pyridine rings is 1. The molecule has 11 nitrogen and oxygen atoms in total. The Balaban J connectivity index is 1.05. The Morgan fingerprint density at radius 3 is 2.54 bits per heavy atom. The van der Waals surface area contributed by atoms with E-state index in [-0.39, 0.29) is 5.91 Å². The number of nitrogens with one attached hydrogen (secondary N) is 1. The van der Waals surface area contributed by atoms with Crippen LogP contribution >= 0.6 is 11.3 Å². The van der Waals surface area contributed by atoms with E-state index in [1.54, 1.807) is 6.33 Å². The Kier molecular flexibility index (Phi) is 5.51. The zero-order chi connectivity index (χ0) is 25.9. The summed E-state index contributed by atoms with van der Waals surface area (Å²) < 4.78 is 4.13. The Hall–Kier alpha value is -3.64. The van der Waals surface area contributed by atoms with E-state index in [4.69, 9.17) is 0 Å². The molecule has 0 bridgehead atoms. The summed E-state index contributed by atoms with van der Waals surface area (Å²) in [5.41, 5.74) is 3.45. The van der Waals surface area contributed by atoms with E-state index in [1.807, 2.05) is 24.0 Å². The highest BCUT2D eigenvalue weighted by Crippen LogP contribution is 2.40. The van der Waals surface area contributed by atoms with Gasteiger partial charge in [-0.15, -0.1) is 21.5 Å². The van der Waals surface area contributed by atoms with Crippen molar-refractivity contribution in [2.75, 3.05) is 36.4 Å². The summed E-state index contributed by atoms with van der Waals surface area (Å²) in [6, 6.07) is 3.12. The first-order valence-electron chi connectivity index (χ1n) is 13.9. The molecule has 3 aliphatic carbocycles. The number of thiazole rings is 1. The van der Waals surface area contributed by atoms with Crippen LogP contribution in [0.4, 0.5) is 11.5 Å². The van der Waals surface area contributed by atoms with E-state index < -0.39 is 0 Å². The fraction of sp³-hybridized carbons (Fsp3) is 0.481. The van der Waals surface area contributed by atoms with Crippen LogP contribution in [0.15, 0.2) is 36.5 Å². The Labute approximate surface area is 229 Å². The zero-order valence-corrected chi connectivity index (χ0v) is 22.4. The molecule has 1 saturated heterocycles. The van der Waals surface area contributed by atoms with Crippen LogP contribution in [0.2, 0.25) is 0 Å². The van der Waals surface area contributed by atoms with E-state index in [0.717, 1.165) is 73.0 Å². The minimum atomic E-state index is -0.288. The Bertz CT molecular complexity index is 1520. The third-order valence-electron chi connectivity index (χ3n) is 8.14. The van der Waals surface area contributed by atoms with Gasteiger partial charge in [0.05, 0.1) is 29.6 Å². The van der Waals surface area contributed by atoms with Crippen molar-refractivity contribution in [2.24, 2.45) is 0 Å². The largest absolute Gasteiger partial charge is 0.366 e. The molecule has 3 saturated carbocycles. The van der Waals surface area contributed by atoms with Gasteiger partial charge < -0.3 is 19.4 Å². The second kappa shape index (κ2) is 9.23. The minimum Gasteiger partial charge on any atom is -0.366 e. The van der Waals surface area contributed by atoms with E-state index in [2.05, 4.69) is 55.6 Å². The second-order valence-corrected chi connectivity index (χ2v) is 11.9. The van der Waals surface area contributed by atoms with Crippen molar-refractivity contribution in [2.45, 2.75) is 56.5 Å². The normalized spacial score (nSPS) is 19.9. The highest BCUT2D eigenvalue weighted by molar-refractivity contribution is 7.13. The highest BCUT2D eigenvalue weighted by Gasteiger charge is 2.32. The third kappa shape index (κ3) is 4.61. The number of anilines is 2.